The number of urea groups is 1. The SMILES string of the molecule is CCc1ccccc1OCCNC(=O)NCc1ccccc1F. The van der Waals surface area contributed by atoms with Crippen LogP contribution in [0.25, 0.3) is 0 Å². The van der Waals surface area contributed by atoms with Gasteiger partial charge in [-0.2, -0.15) is 0 Å². The van der Waals surface area contributed by atoms with Crippen LogP contribution in [0.15, 0.2) is 48.5 Å². The average molecular weight is 316 g/mol. The number of ether oxygens (including phenoxy) is 1. The fourth-order valence-electron chi connectivity index (χ4n) is 2.14. The number of para-hydroxylation sites is 1. The Bertz CT molecular complexity index is 646. The Kier molecular flexibility index (Phi) is 6.41. The second-order valence-electron chi connectivity index (χ2n) is 5.01. The van der Waals surface area contributed by atoms with Gasteiger partial charge >= 0.3 is 6.03 Å². The van der Waals surface area contributed by atoms with Gasteiger partial charge in [0, 0.05) is 12.1 Å². The number of amides is 2. The van der Waals surface area contributed by atoms with E-state index >= 15 is 0 Å². The molecule has 0 bridgehead atoms. The highest BCUT2D eigenvalue weighted by Crippen LogP contribution is 2.17. The lowest BCUT2D eigenvalue weighted by molar-refractivity contribution is 0.236. The highest BCUT2D eigenvalue weighted by Gasteiger charge is 2.04. The van der Waals surface area contributed by atoms with Crippen molar-refractivity contribution in [3.63, 3.8) is 0 Å². The third kappa shape index (κ3) is 5.29. The first kappa shape index (κ1) is 16.8. The first-order valence-electron chi connectivity index (χ1n) is 7.66. The van der Waals surface area contributed by atoms with Crippen molar-refractivity contribution in [1.29, 1.82) is 0 Å². The van der Waals surface area contributed by atoms with Gasteiger partial charge in [-0.1, -0.05) is 43.3 Å². The molecule has 0 spiro atoms. The number of hydrogen-bond donors (Lipinski definition) is 2. The van der Waals surface area contributed by atoms with Crippen LogP contribution in [0.1, 0.15) is 18.1 Å². The summed E-state index contributed by atoms with van der Waals surface area (Å²) in [5.41, 5.74) is 1.59. The molecule has 2 rings (SSSR count). The normalized spacial score (nSPS) is 10.2. The monoisotopic (exact) mass is 316 g/mol. The largest absolute Gasteiger partial charge is 0.491 e. The van der Waals surface area contributed by atoms with Crippen molar-refractivity contribution in [2.24, 2.45) is 0 Å². The van der Waals surface area contributed by atoms with Gasteiger partial charge in [-0.05, 0) is 24.1 Å². The van der Waals surface area contributed by atoms with E-state index in [4.69, 9.17) is 4.74 Å². The molecule has 0 saturated carbocycles. The van der Waals surface area contributed by atoms with Gasteiger partial charge < -0.3 is 15.4 Å². The van der Waals surface area contributed by atoms with E-state index in [9.17, 15) is 9.18 Å². The molecule has 0 aliphatic carbocycles. The van der Waals surface area contributed by atoms with Crippen molar-refractivity contribution in [2.75, 3.05) is 13.2 Å². The van der Waals surface area contributed by atoms with Crippen LogP contribution in [0, 0.1) is 5.82 Å². The Labute approximate surface area is 135 Å². The number of nitrogens with one attached hydrogen (secondary N) is 2. The molecule has 0 heterocycles. The minimum absolute atomic E-state index is 0.151. The first-order chi connectivity index (χ1) is 11.2. The van der Waals surface area contributed by atoms with Gasteiger partial charge in [0.25, 0.3) is 0 Å². The zero-order valence-electron chi connectivity index (χ0n) is 13.1. The molecule has 23 heavy (non-hydrogen) atoms. The molecule has 0 saturated heterocycles. The predicted octanol–water partition coefficient (Wildman–Crippen LogP) is 3.27. The number of benzene rings is 2. The zero-order valence-corrected chi connectivity index (χ0v) is 13.1. The van der Waals surface area contributed by atoms with E-state index in [0.29, 0.717) is 18.7 Å². The quantitative estimate of drug-likeness (QED) is 0.770. The second-order valence-corrected chi connectivity index (χ2v) is 5.01. The van der Waals surface area contributed by atoms with Crippen LogP contribution in [0.5, 0.6) is 5.75 Å². The van der Waals surface area contributed by atoms with E-state index in [1.807, 2.05) is 24.3 Å². The standard InChI is InChI=1S/C18H21FN2O2/c1-2-14-7-4-6-10-17(14)23-12-11-20-18(22)21-13-15-8-3-5-9-16(15)19/h3-10H,2,11-13H2,1H3,(H2,20,21,22). The Morgan fingerprint density at radius 3 is 2.48 bits per heavy atom. The predicted molar refractivity (Wildman–Crippen MR) is 88.0 cm³/mol. The maximum atomic E-state index is 13.4. The Morgan fingerprint density at radius 2 is 1.74 bits per heavy atom. The van der Waals surface area contributed by atoms with Gasteiger partial charge in [-0.25, -0.2) is 9.18 Å². The minimum Gasteiger partial charge on any atom is -0.491 e. The minimum atomic E-state index is -0.347. The highest BCUT2D eigenvalue weighted by atomic mass is 19.1. The van der Waals surface area contributed by atoms with Gasteiger partial charge in [0.2, 0.25) is 0 Å². The van der Waals surface area contributed by atoms with Crippen LogP contribution >= 0.6 is 0 Å². The lowest BCUT2D eigenvalue weighted by Gasteiger charge is -2.11. The van der Waals surface area contributed by atoms with Gasteiger partial charge in [0.05, 0.1) is 6.54 Å². The van der Waals surface area contributed by atoms with Gasteiger partial charge in [-0.15, -0.1) is 0 Å². The number of hydrogen-bond acceptors (Lipinski definition) is 2. The van der Waals surface area contributed by atoms with Crippen LogP contribution in [-0.4, -0.2) is 19.2 Å². The van der Waals surface area contributed by atoms with Crippen molar-refractivity contribution < 1.29 is 13.9 Å². The summed E-state index contributed by atoms with van der Waals surface area (Å²) in [6, 6.07) is 13.8. The van der Waals surface area contributed by atoms with Crippen LogP contribution in [0.4, 0.5) is 9.18 Å². The molecule has 5 heteroatoms. The number of rotatable bonds is 7. The third-order valence-electron chi connectivity index (χ3n) is 3.40. The smallest absolute Gasteiger partial charge is 0.315 e. The molecule has 122 valence electrons. The highest BCUT2D eigenvalue weighted by molar-refractivity contribution is 5.73. The molecule has 0 atom stereocenters. The van der Waals surface area contributed by atoms with E-state index in [1.54, 1.807) is 18.2 Å². The fourth-order valence-corrected chi connectivity index (χ4v) is 2.14. The van der Waals surface area contributed by atoms with E-state index in [0.717, 1.165) is 17.7 Å². The van der Waals surface area contributed by atoms with Crippen molar-refractivity contribution in [1.82, 2.24) is 10.6 Å². The maximum Gasteiger partial charge on any atom is 0.315 e. The zero-order chi connectivity index (χ0) is 16.5. The number of carbonyl (C=O) groups excluding carboxylic acids is 1. The second kappa shape index (κ2) is 8.78. The molecule has 0 unspecified atom stereocenters. The summed E-state index contributed by atoms with van der Waals surface area (Å²) in [5, 5.41) is 5.30. The molecule has 0 aromatic heterocycles. The van der Waals surface area contributed by atoms with Crippen LogP contribution in [0.2, 0.25) is 0 Å². The van der Waals surface area contributed by atoms with E-state index in [-0.39, 0.29) is 18.4 Å². The molecule has 0 radical (unpaired) electrons. The molecule has 0 aliphatic rings. The number of aryl methyl sites for hydroxylation is 1. The summed E-state index contributed by atoms with van der Waals surface area (Å²) in [5.74, 6) is 0.510. The van der Waals surface area contributed by atoms with Crippen LogP contribution < -0.4 is 15.4 Å². The molecular formula is C18H21FN2O2. The van der Waals surface area contributed by atoms with E-state index in [2.05, 4.69) is 17.6 Å². The third-order valence-corrected chi connectivity index (χ3v) is 3.40. The number of carbonyl (C=O) groups is 1. The van der Waals surface area contributed by atoms with Crippen LogP contribution in [0.3, 0.4) is 0 Å². The van der Waals surface area contributed by atoms with Crippen molar-refractivity contribution in [3.05, 3.63) is 65.5 Å². The molecule has 4 nitrogen and oxygen atoms in total. The Morgan fingerprint density at radius 1 is 1.04 bits per heavy atom. The Balaban J connectivity index is 1.68. The summed E-state index contributed by atoms with van der Waals surface area (Å²) in [6.07, 6.45) is 0.896. The average Bonchev–Trinajstić information content (AvgIpc) is 2.58. The molecule has 0 aliphatic heterocycles. The van der Waals surface area contributed by atoms with Crippen molar-refractivity contribution in [2.45, 2.75) is 19.9 Å². The lowest BCUT2D eigenvalue weighted by Crippen LogP contribution is -2.37. The Hall–Kier alpha value is -2.56. The lowest BCUT2D eigenvalue weighted by atomic mass is 10.1. The van der Waals surface area contributed by atoms with Gasteiger partial charge in [-0.3, -0.25) is 0 Å². The summed E-state index contributed by atoms with van der Waals surface area (Å²) in [4.78, 5) is 11.7. The maximum absolute atomic E-state index is 13.4. The van der Waals surface area contributed by atoms with E-state index < -0.39 is 0 Å². The molecule has 0 fully saturated rings. The molecule has 2 amide bonds. The molecule has 2 N–H and O–H groups in total. The summed E-state index contributed by atoms with van der Waals surface area (Å²) in [7, 11) is 0. The van der Waals surface area contributed by atoms with Gasteiger partial charge in [0.15, 0.2) is 0 Å². The number of halogens is 1. The topological polar surface area (TPSA) is 50.4 Å². The summed E-state index contributed by atoms with van der Waals surface area (Å²) >= 11 is 0. The molecule has 2 aromatic rings. The van der Waals surface area contributed by atoms with Crippen LogP contribution in [-0.2, 0) is 13.0 Å². The van der Waals surface area contributed by atoms with E-state index in [1.165, 1.54) is 6.07 Å². The summed E-state index contributed by atoms with van der Waals surface area (Å²) in [6.45, 7) is 2.97. The first-order valence-corrected chi connectivity index (χ1v) is 7.66. The molecule has 2 aromatic carbocycles. The summed E-state index contributed by atoms with van der Waals surface area (Å²) < 4.78 is 19.1. The van der Waals surface area contributed by atoms with Crippen molar-refractivity contribution >= 4 is 6.03 Å². The fraction of sp³-hybridized carbons (Fsp3) is 0.278. The van der Waals surface area contributed by atoms with Crippen molar-refractivity contribution in [3.8, 4) is 5.75 Å². The molecular weight excluding hydrogens is 295 g/mol. The van der Waals surface area contributed by atoms with Gasteiger partial charge in [0.1, 0.15) is 18.2 Å².